The van der Waals surface area contributed by atoms with Crippen LogP contribution in [0.15, 0.2) is 6.20 Å². The summed E-state index contributed by atoms with van der Waals surface area (Å²) in [6.45, 7) is 1.54. The maximum atomic E-state index is 10.9. The highest BCUT2D eigenvalue weighted by Crippen LogP contribution is 2.29. The van der Waals surface area contributed by atoms with Gasteiger partial charge in [0.1, 0.15) is 0 Å². The number of methoxy groups -OCH3 is 1. The summed E-state index contributed by atoms with van der Waals surface area (Å²) in [4.78, 5) is 14.2. The van der Waals surface area contributed by atoms with Crippen molar-refractivity contribution in [1.82, 2.24) is 4.98 Å². The van der Waals surface area contributed by atoms with Crippen LogP contribution in [0.2, 0.25) is 0 Å². The van der Waals surface area contributed by atoms with Gasteiger partial charge in [-0.25, -0.2) is 4.98 Å². The molecule has 0 atom stereocenters. The Bertz CT molecular complexity index is 488. The molecule has 1 aromatic rings. The normalized spacial score (nSPS) is 9.35. The van der Waals surface area contributed by atoms with Gasteiger partial charge in [0, 0.05) is 18.2 Å². The Morgan fingerprint density at radius 1 is 1.65 bits per heavy atom. The van der Waals surface area contributed by atoms with Gasteiger partial charge in [0.05, 0.1) is 24.2 Å². The average molecular weight is 236 g/mol. The molecule has 0 bridgehead atoms. The predicted molar refractivity (Wildman–Crippen MR) is 60.8 cm³/mol. The molecule has 1 aromatic heterocycles. The molecule has 0 fully saturated rings. The third kappa shape index (κ3) is 2.92. The molecule has 0 aliphatic carbocycles. The zero-order valence-electron chi connectivity index (χ0n) is 9.56. The van der Waals surface area contributed by atoms with E-state index in [1.54, 1.807) is 6.92 Å². The molecule has 1 N–H and O–H groups in total. The van der Waals surface area contributed by atoms with Crippen LogP contribution in [0.4, 0.5) is 5.69 Å². The molecular formula is C11H12N2O4. The van der Waals surface area contributed by atoms with Crippen LogP contribution in [-0.2, 0) is 0 Å². The molecule has 17 heavy (non-hydrogen) atoms. The average Bonchev–Trinajstić information content (AvgIpc) is 2.30. The Kier molecular flexibility index (Phi) is 4.43. The Hall–Kier alpha value is -2.13. The van der Waals surface area contributed by atoms with Gasteiger partial charge in [0.15, 0.2) is 0 Å². The Balaban J connectivity index is 3.25. The maximum absolute atomic E-state index is 10.9. The zero-order valence-corrected chi connectivity index (χ0v) is 9.56. The number of ether oxygens (including phenoxy) is 1. The van der Waals surface area contributed by atoms with Crippen LogP contribution < -0.4 is 4.74 Å². The van der Waals surface area contributed by atoms with Crippen molar-refractivity contribution < 1.29 is 14.8 Å². The number of nitro groups is 1. The summed E-state index contributed by atoms with van der Waals surface area (Å²) < 4.78 is 4.83. The molecule has 6 heteroatoms. The van der Waals surface area contributed by atoms with Crippen molar-refractivity contribution >= 4 is 5.69 Å². The number of pyridine rings is 1. The first-order chi connectivity index (χ1) is 8.11. The van der Waals surface area contributed by atoms with Crippen LogP contribution in [0.25, 0.3) is 0 Å². The van der Waals surface area contributed by atoms with Crippen LogP contribution in [0, 0.1) is 28.9 Å². The van der Waals surface area contributed by atoms with Crippen molar-refractivity contribution in [2.75, 3.05) is 13.7 Å². The van der Waals surface area contributed by atoms with Gasteiger partial charge in [0.25, 0.3) is 5.88 Å². The third-order valence-corrected chi connectivity index (χ3v) is 2.11. The fraction of sp³-hybridized carbons (Fsp3) is 0.364. The molecule has 0 unspecified atom stereocenters. The molecular weight excluding hydrogens is 224 g/mol. The summed E-state index contributed by atoms with van der Waals surface area (Å²) in [5.41, 5.74) is 0.696. The maximum Gasteiger partial charge on any atom is 0.335 e. The minimum atomic E-state index is -0.543. The van der Waals surface area contributed by atoms with Gasteiger partial charge in [-0.05, 0) is 6.92 Å². The van der Waals surface area contributed by atoms with E-state index >= 15 is 0 Å². The van der Waals surface area contributed by atoms with Crippen molar-refractivity contribution in [2.45, 2.75) is 13.3 Å². The number of aromatic nitrogens is 1. The lowest BCUT2D eigenvalue weighted by atomic mass is 10.1. The molecule has 0 aliphatic rings. The second kappa shape index (κ2) is 5.82. The van der Waals surface area contributed by atoms with E-state index in [9.17, 15) is 10.1 Å². The number of hydrogen-bond donors (Lipinski definition) is 1. The van der Waals surface area contributed by atoms with Crippen molar-refractivity contribution in [1.29, 1.82) is 0 Å². The molecule has 0 spiro atoms. The number of nitrogens with zero attached hydrogens (tertiary/aromatic N) is 2. The predicted octanol–water partition coefficient (Wildman–Crippen LogP) is 1.04. The van der Waals surface area contributed by atoms with Gasteiger partial charge < -0.3 is 9.84 Å². The van der Waals surface area contributed by atoms with Gasteiger partial charge in [0.2, 0.25) is 0 Å². The molecule has 0 aliphatic heterocycles. The molecule has 90 valence electrons. The lowest BCUT2D eigenvalue weighted by molar-refractivity contribution is -0.386. The summed E-state index contributed by atoms with van der Waals surface area (Å²) in [7, 11) is 1.33. The Labute approximate surface area is 98.4 Å². The summed E-state index contributed by atoms with van der Waals surface area (Å²) in [6.07, 6.45) is 1.74. The van der Waals surface area contributed by atoms with Gasteiger partial charge in [-0.15, -0.1) is 0 Å². The first kappa shape index (κ1) is 12.9. The van der Waals surface area contributed by atoms with E-state index in [2.05, 4.69) is 16.8 Å². The summed E-state index contributed by atoms with van der Waals surface area (Å²) in [6, 6.07) is 0. The third-order valence-electron chi connectivity index (χ3n) is 2.11. The van der Waals surface area contributed by atoms with Crippen LogP contribution in [0.5, 0.6) is 5.88 Å². The van der Waals surface area contributed by atoms with E-state index in [1.807, 2.05) is 0 Å². The van der Waals surface area contributed by atoms with Crippen LogP contribution >= 0.6 is 0 Å². The van der Waals surface area contributed by atoms with Crippen LogP contribution in [-0.4, -0.2) is 28.7 Å². The highest BCUT2D eigenvalue weighted by molar-refractivity contribution is 5.55. The van der Waals surface area contributed by atoms with E-state index in [0.717, 1.165) is 0 Å². The van der Waals surface area contributed by atoms with Gasteiger partial charge in [-0.2, -0.15) is 0 Å². The minimum Gasteiger partial charge on any atom is -0.476 e. The van der Waals surface area contributed by atoms with E-state index in [4.69, 9.17) is 9.84 Å². The van der Waals surface area contributed by atoms with Gasteiger partial charge >= 0.3 is 5.69 Å². The highest BCUT2D eigenvalue weighted by Gasteiger charge is 2.21. The number of hydrogen-bond acceptors (Lipinski definition) is 5. The molecule has 0 saturated heterocycles. The molecule has 0 radical (unpaired) electrons. The second-order valence-corrected chi connectivity index (χ2v) is 3.19. The molecule has 1 heterocycles. The molecule has 0 saturated carbocycles. The molecule has 1 rings (SSSR count). The first-order valence-corrected chi connectivity index (χ1v) is 4.89. The van der Waals surface area contributed by atoms with Crippen molar-refractivity contribution in [3.63, 3.8) is 0 Å². The van der Waals surface area contributed by atoms with E-state index in [0.29, 0.717) is 17.5 Å². The first-order valence-electron chi connectivity index (χ1n) is 4.89. The summed E-state index contributed by atoms with van der Waals surface area (Å²) in [5.74, 6) is 5.39. The quantitative estimate of drug-likeness (QED) is 0.481. The van der Waals surface area contributed by atoms with Crippen molar-refractivity contribution in [3.05, 3.63) is 27.4 Å². The van der Waals surface area contributed by atoms with E-state index in [-0.39, 0.29) is 18.2 Å². The lowest BCUT2D eigenvalue weighted by Gasteiger charge is -2.04. The summed E-state index contributed by atoms with van der Waals surface area (Å²) >= 11 is 0. The fourth-order valence-electron chi connectivity index (χ4n) is 1.27. The zero-order chi connectivity index (χ0) is 12.8. The standard InChI is InChI=1S/C11H12N2O4/c1-8-9(5-3-4-6-14)7-12-11(17-2)10(8)13(15)16/h7,14H,4,6H2,1-2H3. The topological polar surface area (TPSA) is 85.5 Å². The number of aliphatic hydroxyl groups is 1. The smallest absolute Gasteiger partial charge is 0.335 e. The summed E-state index contributed by atoms with van der Waals surface area (Å²) in [5, 5.41) is 19.5. The fourth-order valence-corrected chi connectivity index (χ4v) is 1.27. The van der Waals surface area contributed by atoms with E-state index < -0.39 is 4.92 Å². The monoisotopic (exact) mass is 236 g/mol. The number of rotatable bonds is 3. The van der Waals surface area contributed by atoms with Gasteiger partial charge in [-0.3, -0.25) is 10.1 Å². The molecule has 0 amide bonds. The Morgan fingerprint density at radius 3 is 2.88 bits per heavy atom. The molecule has 0 aromatic carbocycles. The van der Waals surface area contributed by atoms with Crippen LogP contribution in [0.3, 0.4) is 0 Å². The number of aliphatic hydroxyl groups excluding tert-OH is 1. The molecule has 6 nitrogen and oxygen atoms in total. The van der Waals surface area contributed by atoms with Crippen molar-refractivity contribution in [2.24, 2.45) is 0 Å². The Morgan fingerprint density at radius 2 is 2.35 bits per heavy atom. The van der Waals surface area contributed by atoms with Crippen molar-refractivity contribution in [3.8, 4) is 17.7 Å². The SMILES string of the molecule is COc1ncc(C#CCCO)c(C)c1[N+](=O)[O-]. The minimum absolute atomic E-state index is 0.0276. The lowest BCUT2D eigenvalue weighted by Crippen LogP contribution is -2.00. The second-order valence-electron chi connectivity index (χ2n) is 3.19. The van der Waals surface area contributed by atoms with Gasteiger partial charge in [-0.1, -0.05) is 11.8 Å². The largest absolute Gasteiger partial charge is 0.476 e. The van der Waals surface area contributed by atoms with E-state index in [1.165, 1.54) is 13.3 Å². The highest BCUT2D eigenvalue weighted by atomic mass is 16.6. The van der Waals surface area contributed by atoms with Crippen LogP contribution in [0.1, 0.15) is 17.5 Å².